The Bertz CT molecular complexity index is 126. The molecule has 2 nitrogen and oxygen atoms in total. The van der Waals surface area contributed by atoms with Gasteiger partial charge in [0.1, 0.15) is 0 Å². The van der Waals surface area contributed by atoms with Crippen LogP contribution in [0.15, 0.2) is 0 Å². The van der Waals surface area contributed by atoms with Gasteiger partial charge in [-0.05, 0) is 18.8 Å². The molecular formula is C8H16LiNO. The van der Waals surface area contributed by atoms with Gasteiger partial charge in [-0.2, -0.15) is 0 Å². The van der Waals surface area contributed by atoms with Crippen molar-refractivity contribution in [2.24, 2.45) is 11.7 Å². The van der Waals surface area contributed by atoms with Crippen LogP contribution in [0.25, 0.3) is 0 Å². The van der Waals surface area contributed by atoms with Gasteiger partial charge in [-0.15, -0.1) is 0 Å². The van der Waals surface area contributed by atoms with Crippen LogP contribution in [-0.4, -0.2) is 5.91 Å². The molecule has 1 saturated carbocycles. The zero-order chi connectivity index (χ0) is 7.40. The van der Waals surface area contributed by atoms with Crippen molar-refractivity contribution in [3.63, 3.8) is 0 Å². The van der Waals surface area contributed by atoms with Crippen LogP contribution in [0, 0.1) is 5.92 Å². The first-order valence-electron chi connectivity index (χ1n) is 4.07. The van der Waals surface area contributed by atoms with Crippen molar-refractivity contribution in [3.05, 3.63) is 0 Å². The Balaban J connectivity index is 0. The molecule has 1 fully saturated rings. The molecule has 60 valence electrons. The Hall–Kier alpha value is 0.0674. The van der Waals surface area contributed by atoms with Crippen molar-refractivity contribution >= 4 is 5.91 Å². The molecule has 0 aromatic rings. The predicted molar refractivity (Wildman–Crippen MR) is 41.5 cm³/mol. The average Bonchev–Trinajstić information content (AvgIpc) is 1.88. The molecule has 0 aromatic carbocycles. The molecule has 2 N–H and O–H groups in total. The van der Waals surface area contributed by atoms with E-state index in [1.807, 2.05) is 0 Å². The van der Waals surface area contributed by atoms with E-state index < -0.39 is 0 Å². The van der Waals surface area contributed by atoms with Crippen LogP contribution in [0.3, 0.4) is 0 Å². The summed E-state index contributed by atoms with van der Waals surface area (Å²) in [6.07, 6.45) is 6.96. The van der Waals surface area contributed by atoms with E-state index >= 15 is 0 Å². The molecule has 0 aliphatic heterocycles. The number of carbonyl (C=O) groups excluding carboxylic acids is 1. The molecule has 1 aliphatic rings. The first kappa shape index (κ1) is 11.1. The van der Waals surface area contributed by atoms with E-state index in [1.54, 1.807) is 0 Å². The Labute approximate surface area is 81.6 Å². The van der Waals surface area contributed by atoms with Crippen molar-refractivity contribution in [2.45, 2.75) is 38.5 Å². The number of amides is 1. The van der Waals surface area contributed by atoms with E-state index in [0.29, 0.717) is 12.3 Å². The molecule has 0 bridgehead atoms. The van der Waals surface area contributed by atoms with E-state index in [4.69, 9.17) is 5.73 Å². The molecule has 11 heavy (non-hydrogen) atoms. The molecule has 1 amide bonds. The maximum atomic E-state index is 10.5. The van der Waals surface area contributed by atoms with Gasteiger partial charge in [0.05, 0.1) is 0 Å². The second-order valence-corrected chi connectivity index (χ2v) is 3.17. The fraction of sp³-hybridized carbons (Fsp3) is 0.875. The summed E-state index contributed by atoms with van der Waals surface area (Å²) < 4.78 is 0. The SMILES string of the molecule is NC(=O)CC1CCCCC1.[H-].[Li+]. The summed E-state index contributed by atoms with van der Waals surface area (Å²) in [5.74, 6) is 0.471. The summed E-state index contributed by atoms with van der Waals surface area (Å²) in [4.78, 5) is 10.5. The molecule has 3 heteroatoms. The first-order chi connectivity index (χ1) is 4.79. The van der Waals surface area contributed by atoms with E-state index in [9.17, 15) is 4.79 Å². The summed E-state index contributed by atoms with van der Waals surface area (Å²) in [7, 11) is 0. The van der Waals surface area contributed by atoms with Gasteiger partial charge in [0.2, 0.25) is 5.91 Å². The summed E-state index contributed by atoms with van der Waals surface area (Å²) in [5.41, 5.74) is 5.08. The van der Waals surface area contributed by atoms with Gasteiger partial charge in [-0.1, -0.05) is 19.3 Å². The number of hydrogen-bond acceptors (Lipinski definition) is 1. The van der Waals surface area contributed by atoms with Gasteiger partial charge in [-0.25, -0.2) is 0 Å². The van der Waals surface area contributed by atoms with Crippen LogP contribution in [0.2, 0.25) is 0 Å². The van der Waals surface area contributed by atoms with Crippen LogP contribution in [0.4, 0.5) is 0 Å². The molecule has 0 saturated heterocycles. The Morgan fingerprint density at radius 1 is 1.36 bits per heavy atom. The van der Waals surface area contributed by atoms with Crippen LogP contribution < -0.4 is 24.6 Å². The molecule has 0 radical (unpaired) electrons. The smallest absolute Gasteiger partial charge is 1.00 e. The van der Waals surface area contributed by atoms with Crippen LogP contribution in [0.5, 0.6) is 0 Å². The van der Waals surface area contributed by atoms with Crippen LogP contribution >= 0.6 is 0 Å². The van der Waals surface area contributed by atoms with Gasteiger partial charge in [0.15, 0.2) is 0 Å². The molecule has 0 spiro atoms. The van der Waals surface area contributed by atoms with Gasteiger partial charge < -0.3 is 7.16 Å². The zero-order valence-electron chi connectivity index (χ0n) is 8.31. The van der Waals surface area contributed by atoms with Crippen molar-refractivity contribution in [3.8, 4) is 0 Å². The molecule has 0 heterocycles. The largest absolute Gasteiger partial charge is 1.00 e. The third-order valence-corrected chi connectivity index (χ3v) is 2.21. The topological polar surface area (TPSA) is 43.1 Å². The van der Waals surface area contributed by atoms with Crippen LogP contribution in [-0.2, 0) is 4.79 Å². The molecule has 0 atom stereocenters. The third kappa shape index (κ3) is 4.50. The van der Waals surface area contributed by atoms with E-state index in [1.165, 1.54) is 32.1 Å². The Morgan fingerprint density at radius 3 is 2.36 bits per heavy atom. The summed E-state index contributed by atoms with van der Waals surface area (Å²) >= 11 is 0. The van der Waals surface area contributed by atoms with E-state index in [-0.39, 0.29) is 26.2 Å². The third-order valence-electron chi connectivity index (χ3n) is 2.21. The molecule has 1 rings (SSSR count). The Kier molecular flexibility index (Phi) is 5.72. The maximum Gasteiger partial charge on any atom is 1.00 e. The van der Waals surface area contributed by atoms with Crippen molar-refractivity contribution < 1.29 is 25.1 Å². The maximum absolute atomic E-state index is 10.5. The van der Waals surface area contributed by atoms with Gasteiger partial charge >= 0.3 is 18.9 Å². The summed E-state index contributed by atoms with van der Waals surface area (Å²) in [6, 6.07) is 0. The van der Waals surface area contributed by atoms with E-state index in [0.717, 1.165) is 0 Å². The van der Waals surface area contributed by atoms with Crippen molar-refractivity contribution in [1.29, 1.82) is 0 Å². The molecule has 0 unspecified atom stereocenters. The first-order valence-corrected chi connectivity index (χ1v) is 4.07. The number of nitrogens with two attached hydrogens (primary N) is 1. The van der Waals surface area contributed by atoms with Crippen LogP contribution in [0.1, 0.15) is 40.0 Å². The molecule has 1 aliphatic carbocycles. The second-order valence-electron chi connectivity index (χ2n) is 3.17. The standard InChI is InChI=1S/C8H15NO.Li.H/c9-8(10)6-7-4-2-1-3-5-7;;/h7H,1-6H2,(H2,9,10);;/q;+1;-1. The Morgan fingerprint density at radius 2 is 1.91 bits per heavy atom. The van der Waals surface area contributed by atoms with Gasteiger partial charge in [-0.3, -0.25) is 4.79 Å². The number of rotatable bonds is 2. The minimum Gasteiger partial charge on any atom is -1.00 e. The zero-order valence-corrected chi connectivity index (χ0v) is 7.31. The number of carbonyl (C=O) groups is 1. The number of hydrogen-bond donors (Lipinski definition) is 1. The van der Waals surface area contributed by atoms with Crippen molar-refractivity contribution in [1.82, 2.24) is 0 Å². The fourth-order valence-corrected chi connectivity index (χ4v) is 1.68. The van der Waals surface area contributed by atoms with Crippen molar-refractivity contribution in [2.75, 3.05) is 0 Å². The van der Waals surface area contributed by atoms with Gasteiger partial charge in [0.25, 0.3) is 0 Å². The van der Waals surface area contributed by atoms with E-state index in [2.05, 4.69) is 0 Å². The minimum atomic E-state index is -0.132. The average molecular weight is 149 g/mol. The monoisotopic (exact) mass is 149 g/mol. The predicted octanol–water partition coefficient (Wildman–Crippen LogP) is -1.44. The quantitative estimate of drug-likeness (QED) is 0.480. The fourth-order valence-electron chi connectivity index (χ4n) is 1.68. The normalized spacial score (nSPS) is 18.9. The second kappa shape index (κ2) is 5.68. The molecular weight excluding hydrogens is 133 g/mol. The summed E-state index contributed by atoms with van der Waals surface area (Å²) in [6.45, 7) is 0. The van der Waals surface area contributed by atoms with Gasteiger partial charge in [0, 0.05) is 6.42 Å². The summed E-state index contributed by atoms with van der Waals surface area (Å²) in [5, 5.41) is 0. The minimum absolute atomic E-state index is 0. The molecule has 0 aromatic heterocycles. The number of primary amides is 1.